The monoisotopic (exact) mass is 334 g/mol. The summed E-state index contributed by atoms with van der Waals surface area (Å²) in [5.74, 6) is 1.06. The lowest BCUT2D eigenvalue weighted by atomic mass is 10.2. The number of sulfonamides is 1. The van der Waals surface area contributed by atoms with E-state index in [2.05, 4.69) is 20.0 Å². The van der Waals surface area contributed by atoms with Crippen LogP contribution in [0.1, 0.15) is 25.6 Å². The molecule has 0 aromatic carbocycles. The van der Waals surface area contributed by atoms with Crippen molar-refractivity contribution in [3.05, 3.63) is 42.7 Å². The van der Waals surface area contributed by atoms with Gasteiger partial charge in [0.05, 0.1) is 11.7 Å². The van der Waals surface area contributed by atoms with E-state index in [9.17, 15) is 8.42 Å². The Morgan fingerprint density at radius 3 is 2.91 bits per heavy atom. The molecule has 0 fully saturated rings. The van der Waals surface area contributed by atoms with Gasteiger partial charge in [0.1, 0.15) is 17.0 Å². The molecule has 0 aliphatic heterocycles. The Bertz CT molecular complexity index is 912. The Morgan fingerprint density at radius 2 is 2.13 bits per heavy atom. The van der Waals surface area contributed by atoms with Gasteiger partial charge in [-0.1, -0.05) is 19.9 Å². The Labute approximate surface area is 134 Å². The molecule has 23 heavy (non-hydrogen) atoms. The third-order valence-corrected chi connectivity index (χ3v) is 4.97. The van der Waals surface area contributed by atoms with E-state index in [0.717, 1.165) is 5.82 Å². The van der Waals surface area contributed by atoms with Crippen LogP contribution in [0.15, 0.2) is 41.8 Å². The SMILES string of the molecule is CC(C)c1nncn1CCNS(=O)(=O)c1cnn2ccccc12. The molecular weight excluding hydrogens is 316 g/mol. The van der Waals surface area contributed by atoms with Crippen LogP contribution in [-0.2, 0) is 16.6 Å². The lowest BCUT2D eigenvalue weighted by Gasteiger charge is -2.10. The van der Waals surface area contributed by atoms with Crippen molar-refractivity contribution < 1.29 is 8.42 Å². The first-order chi connectivity index (χ1) is 11.0. The highest BCUT2D eigenvalue weighted by Gasteiger charge is 2.19. The molecule has 0 atom stereocenters. The van der Waals surface area contributed by atoms with Crippen molar-refractivity contribution in [3.8, 4) is 0 Å². The molecule has 8 nitrogen and oxygen atoms in total. The van der Waals surface area contributed by atoms with Gasteiger partial charge in [-0.3, -0.25) is 0 Å². The highest BCUT2D eigenvalue weighted by molar-refractivity contribution is 7.89. The van der Waals surface area contributed by atoms with E-state index in [-0.39, 0.29) is 17.4 Å². The molecule has 3 aromatic rings. The van der Waals surface area contributed by atoms with Gasteiger partial charge >= 0.3 is 0 Å². The van der Waals surface area contributed by atoms with Crippen molar-refractivity contribution in [2.75, 3.05) is 6.54 Å². The third kappa shape index (κ3) is 3.10. The van der Waals surface area contributed by atoms with Gasteiger partial charge in [0.25, 0.3) is 0 Å². The number of hydrogen-bond donors (Lipinski definition) is 1. The first kappa shape index (κ1) is 15.6. The molecule has 0 aliphatic carbocycles. The number of aromatic nitrogens is 5. The fraction of sp³-hybridized carbons (Fsp3) is 0.357. The zero-order chi connectivity index (χ0) is 16.4. The zero-order valence-corrected chi connectivity index (χ0v) is 13.7. The highest BCUT2D eigenvalue weighted by atomic mass is 32.2. The maximum Gasteiger partial charge on any atom is 0.244 e. The lowest BCUT2D eigenvalue weighted by molar-refractivity contribution is 0.565. The molecule has 3 rings (SSSR count). The summed E-state index contributed by atoms with van der Waals surface area (Å²) in [4.78, 5) is 0.172. The van der Waals surface area contributed by atoms with Gasteiger partial charge in [0, 0.05) is 25.2 Å². The van der Waals surface area contributed by atoms with E-state index in [1.807, 2.05) is 18.4 Å². The van der Waals surface area contributed by atoms with Crippen LogP contribution in [0, 0.1) is 0 Å². The molecule has 3 aromatic heterocycles. The van der Waals surface area contributed by atoms with Crippen molar-refractivity contribution in [1.82, 2.24) is 29.1 Å². The van der Waals surface area contributed by atoms with E-state index in [0.29, 0.717) is 12.1 Å². The predicted molar refractivity (Wildman–Crippen MR) is 84.5 cm³/mol. The van der Waals surface area contributed by atoms with E-state index in [1.54, 1.807) is 30.7 Å². The Balaban J connectivity index is 1.73. The minimum atomic E-state index is -3.62. The molecule has 0 spiro atoms. The van der Waals surface area contributed by atoms with E-state index >= 15 is 0 Å². The van der Waals surface area contributed by atoms with Crippen LogP contribution in [0.2, 0.25) is 0 Å². The van der Waals surface area contributed by atoms with Crippen LogP contribution in [0.3, 0.4) is 0 Å². The summed E-state index contributed by atoms with van der Waals surface area (Å²) in [5.41, 5.74) is 0.548. The third-order valence-electron chi connectivity index (χ3n) is 3.49. The Hall–Kier alpha value is -2.26. The molecule has 0 unspecified atom stereocenters. The van der Waals surface area contributed by atoms with Gasteiger partial charge < -0.3 is 4.57 Å². The van der Waals surface area contributed by atoms with Crippen LogP contribution >= 0.6 is 0 Å². The molecule has 0 saturated carbocycles. The maximum absolute atomic E-state index is 12.4. The summed E-state index contributed by atoms with van der Waals surface area (Å²) in [6, 6.07) is 5.30. The van der Waals surface area contributed by atoms with E-state index in [1.165, 1.54) is 10.7 Å². The van der Waals surface area contributed by atoms with E-state index < -0.39 is 10.0 Å². The molecule has 0 bridgehead atoms. The Morgan fingerprint density at radius 1 is 1.30 bits per heavy atom. The molecule has 9 heteroatoms. The van der Waals surface area contributed by atoms with Crippen molar-refractivity contribution in [2.24, 2.45) is 0 Å². The average molecular weight is 334 g/mol. The molecule has 0 aliphatic rings. The summed E-state index contributed by atoms with van der Waals surface area (Å²) in [7, 11) is -3.62. The summed E-state index contributed by atoms with van der Waals surface area (Å²) in [6.07, 6.45) is 4.68. The number of rotatable bonds is 6. The van der Waals surface area contributed by atoms with Crippen molar-refractivity contribution >= 4 is 15.5 Å². The molecule has 3 heterocycles. The molecular formula is C14H18N6O2S. The van der Waals surface area contributed by atoms with Gasteiger partial charge in [0.2, 0.25) is 10.0 Å². The van der Waals surface area contributed by atoms with Crippen LogP contribution in [-0.4, -0.2) is 39.3 Å². The van der Waals surface area contributed by atoms with Gasteiger partial charge in [0.15, 0.2) is 0 Å². The van der Waals surface area contributed by atoms with Crippen molar-refractivity contribution in [2.45, 2.75) is 31.2 Å². The minimum Gasteiger partial charge on any atom is -0.316 e. The summed E-state index contributed by atoms with van der Waals surface area (Å²) >= 11 is 0. The topological polar surface area (TPSA) is 94.2 Å². The number of hydrogen-bond acceptors (Lipinski definition) is 5. The predicted octanol–water partition coefficient (Wildman–Crippen LogP) is 1.03. The summed E-state index contributed by atoms with van der Waals surface area (Å²) < 4.78 is 30.9. The second-order valence-electron chi connectivity index (χ2n) is 5.47. The fourth-order valence-corrected chi connectivity index (χ4v) is 3.52. The standard InChI is InChI=1S/C14H18N6O2S/c1-11(2)14-18-15-10-19(14)8-6-17-23(21,22)13-9-16-20-7-4-3-5-12(13)20/h3-5,7,9-11,17H,6,8H2,1-2H3. The highest BCUT2D eigenvalue weighted by Crippen LogP contribution is 2.16. The van der Waals surface area contributed by atoms with Crippen LogP contribution in [0.4, 0.5) is 0 Å². The van der Waals surface area contributed by atoms with Crippen molar-refractivity contribution in [1.29, 1.82) is 0 Å². The molecule has 1 N–H and O–H groups in total. The normalized spacial score (nSPS) is 12.3. The average Bonchev–Trinajstić information content (AvgIpc) is 3.13. The van der Waals surface area contributed by atoms with Gasteiger partial charge in [-0.05, 0) is 12.1 Å². The first-order valence-electron chi connectivity index (χ1n) is 7.29. The van der Waals surface area contributed by atoms with E-state index in [4.69, 9.17) is 0 Å². The number of fused-ring (bicyclic) bond motifs is 1. The van der Waals surface area contributed by atoms with Gasteiger partial charge in [-0.25, -0.2) is 17.7 Å². The maximum atomic E-state index is 12.4. The Kier molecular flexibility index (Phi) is 4.14. The summed E-state index contributed by atoms with van der Waals surface area (Å²) in [5, 5.41) is 12.0. The fourth-order valence-electron chi connectivity index (χ4n) is 2.38. The van der Waals surface area contributed by atoms with Crippen molar-refractivity contribution in [3.63, 3.8) is 0 Å². The van der Waals surface area contributed by atoms with Crippen LogP contribution in [0.25, 0.3) is 5.52 Å². The molecule has 122 valence electrons. The van der Waals surface area contributed by atoms with Crippen LogP contribution in [0.5, 0.6) is 0 Å². The zero-order valence-electron chi connectivity index (χ0n) is 12.9. The largest absolute Gasteiger partial charge is 0.316 e. The van der Waals surface area contributed by atoms with Gasteiger partial charge in [-0.2, -0.15) is 5.10 Å². The molecule has 0 saturated heterocycles. The smallest absolute Gasteiger partial charge is 0.244 e. The lowest BCUT2D eigenvalue weighted by Crippen LogP contribution is -2.27. The first-order valence-corrected chi connectivity index (χ1v) is 8.77. The second-order valence-corrected chi connectivity index (χ2v) is 7.21. The minimum absolute atomic E-state index is 0.172. The number of nitrogens with zero attached hydrogens (tertiary/aromatic N) is 5. The van der Waals surface area contributed by atoms with Crippen LogP contribution < -0.4 is 4.72 Å². The number of pyridine rings is 1. The van der Waals surface area contributed by atoms with Gasteiger partial charge in [-0.15, -0.1) is 10.2 Å². The molecule has 0 radical (unpaired) electrons. The number of nitrogens with one attached hydrogen (secondary N) is 1. The second kappa shape index (κ2) is 6.09. The summed E-state index contributed by atoms with van der Waals surface area (Å²) in [6.45, 7) is 4.76. The molecule has 0 amide bonds. The quantitative estimate of drug-likeness (QED) is 0.726.